The van der Waals surface area contributed by atoms with Crippen LogP contribution in [0.5, 0.6) is 0 Å². The van der Waals surface area contributed by atoms with E-state index in [9.17, 15) is 0 Å². The predicted octanol–water partition coefficient (Wildman–Crippen LogP) is 3.18. The van der Waals surface area contributed by atoms with Gasteiger partial charge in [-0.3, -0.25) is 4.57 Å². The van der Waals surface area contributed by atoms with E-state index in [1.165, 1.54) is 5.56 Å². The van der Waals surface area contributed by atoms with Crippen molar-refractivity contribution in [3.8, 4) is 5.69 Å². The molecule has 0 amide bonds. The van der Waals surface area contributed by atoms with Crippen LogP contribution in [-0.2, 0) is 6.42 Å². The fourth-order valence-corrected chi connectivity index (χ4v) is 1.94. The van der Waals surface area contributed by atoms with Crippen LogP contribution in [0, 0.1) is 6.92 Å². The van der Waals surface area contributed by atoms with Crippen molar-refractivity contribution in [3.63, 3.8) is 0 Å². The zero-order valence-electron chi connectivity index (χ0n) is 9.44. The number of aryl methyl sites for hydroxylation is 2. The Kier molecular flexibility index (Phi) is 3.25. The summed E-state index contributed by atoms with van der Waals surface area (Å²) in [4.78, 5) is 0. The first-order chi connectivity index (χ1) is 7.72. The van der Waals surface area contributed by atoms with Crippen molar-refractivity contribution in [3.05, 3.63) is 40.9 Å². The second kappa shape index (κ2) is 4.66. The number of halogens is 1. The second-order valence-corrected chi connectivity index (χ2v) is 4.15. The molecule has 0 spiro atoms. The molecule has 1 heterocycles. The molecule has 1 aromatic carbocycles. The summed E-state index contributed by atoms with van der Waals surface area (Å²) in [6, 6.07) is 8.16. The molecule has 0 unspecified atom stereocenters. The zero-order valence-corrected chi connectivity index (χ0v) is 10.2. The highest BCUT2D eigenvalue weighted by atomic mass is 35.5. The molecule has 0 fully saturated rings. The fraction of sp³-hybridized carbons (Fsp3) is 0.333. The van der Waals surface area contributed by atoms with Crippen LogP contribution in [-0.4, -0.2) is 14.8 Å². The molecular formula is C12H14ClN3. The number of hydrogen-bond donors (Lipinski definition) is 0. The topological polar surface area (TPSA) is 30.7 Å². The lowest BCUT2D eigenvalue weighted by atomic mass is 10.2. The lowest BCUT2D eigenvalue weighted by molar-refractivity contribution is 0.802. The SMILES string of the molecule is CCCc1nnc(Cl)n1-c1cccc(C)c1. The molecular weight excluding hydrogens is 222 g/mol. The van der Waals surface area contributed by atoms with Gasteiger partial charge in [0.15, 0.2) is 0 Å². The average molecular weight is 236 g/mol. The smallest absolute Gasteiger partial charge is 0.229 e. The highest BCUT2D eigenvalue weighted by Crippen LogP contribution is 2.18. The molecule has 2 aromatic rings. The van der Waals surface area contributed by atoms with Crippen LogP contribution in [0.3, 0.4) is 0 Å². The summed E-state index contributed by atoms with van der Waals surface area (Å²) in [5, 5.41) is 8.44. The van der Waals surface area contributed by atoms with E-state index in [0.29, 0.717) is 5.28 Å². The lowest BCUT2D eigenvalue weighted by Crippen LogP contribution is -2.01. The van der Waals surface area contributed by atoms with Crippen molar-refractivity contribution < 1.29 is 0 Å². The summed E-state index contributed by atoms with van der Waals surface area (Å²) < 4.78 is 1.90. The van der Waals surface area contributed by atoms with Crippen LogP contribution in [0.4, 0.5) is 0 Å². The van der Waals surface area contributed by atoms with Crippen LogP contribution in [0.15, 0.2) is 24.3 Å². The highest BCUT2D eigenvalue weighted by molar-refractivity contribution is 6.28. The van der Waals surface area contributed by atoms with Crippen LogP contribution in [0.25, 0.3) is 5.69 Å². The Morgan fingerprint density at radius 1 is 1.31 bits per heavy atom. The number of rotatable bonds is 3. The van der Waals surface area contributed by atoms with Crippen molar-refractivity contribution >= 4 is 11.6 Å². The summed E-state index contributed by atoms with van der Waals surface area (Å²) in [5.41, 5.74) is 2.23. The monoisotopic (exact) mass is 235 g/mol. The van der Waals surface area contributed by atoms with Gasteiger partial charge in [-0.2, -0.15) is 0 Å². The Morgan fingerprint density at radius 2 is 2.12 bits per heavy atom. The Morgan fingerprint density at radius 3 is 2.81 bits per heavy atom. The third-order valence-electron chi connectivity index (χ3n) is 2.42. The number of aromatic nitrogens is 3. The van der Waals surface area contributed by atoms with E-state index in [4.69, 9.17) is 11.6 Å². The van der Waals surface area contributed by atoms with E-state index >= 15 is 0 Å². The van der Waals surface area contributed by atoms with E-state index in [0.717, 1.165) is 24.4 Å². The van der Waals surface area contributed by atoms with Gasteiger partial charge in [0, 0.05) is 6.42 Å². The van der Waals surface area contributed by atoms with E-state index in [2.05, 4.69) is 36.2 Å². The first-order valence-electron chi connectivity index (χ1n) is 5.39. The standard InChI is InChI=1S/C12H14ClN3/c1-3-5-11-14-15-12(13)16(11)10-7-4-6-9(2)8-10/h4,6-8H,3,5H2,1-2H3. The largest absolute Gasteiger partial charge is 0.270 e. The van der Waals surface area contributed by atoms with Gasteiger partial charge in [-0.1, -0.05) is 19.1 Å². The minimum absolute atomic E-state index is 0.425. The molecule has 0 atom stereocenters. The van der Waals surface area contributed by atoms with E-state index in [1.807, 2.05) is 16.7 Å². The van der Waals surface area contributed by atoms with E-state index in [1.54, 1.807) is 0 Å². The molecule has 0 bridgehead atoms. The molecule has 0 radical (unpaired) electrons. The third kappa shape index (κ3) is 2.09. The lowest BCUT2D eigenvalue weighted by Gasteiger charge is -2.07. The molecule has 0 aliphatic carbocycles. The number of hydrogen-bond acceptors (Lipinski definition) is 2. The van der Waals surface area contributed by atoms with Gasteiger partial charge in [0.25, 0.3) is 0 Å². The maximum Gasteiger partial charge on any atom is 0.229 e. The molecule has 2 rings (SSSR count). The van der Waals surface area contributed by atoms with Crippen LogP contribution in [0.1, 0.15) is 24.7 Å². The van der Waals surface area contributed by atoms with Crippen LogP contribution in [0.2, 0.25) is 5.28 Å². The van der Waals surface area contributed by atoms with Crippen molar-refractivity contribution in [2.24, 2.45) is 0 Å². The predicted molar refractivity (Wildman–Crippen MR) is 65.1 cm³/mol. The quantitative estimate of drug-likeness (QED) is 0.818. The average Bonchev–Trinajstić information content (AvgIpc) is 2.60. The normalized spacial score (nSPS) is 10.7. The Bertz CT molecular complexity index is 491. The van der Waals surface area contributed by atoms with Gasteiger partial charge in [-0.25, -0.2) is 0 Å². The van der Waals surface area contributed by atoms with E-state index in [-0.39, 0.29) is 0 Å². The Balaban J connectivity index is 2.50. The zero-order chi connectivity index (χ0) is 11.5. The first kappa shape index (κ1) is 11.1. The molecule has 0 saturated heterocycles. The van der Waals surface area contributed by atoms with Crippen LogP contribution < -0.4 is 0 Å². The molecule has 84 valence electrons. The second-order valence-electron chi connectivity index (χ2n) is 3.81. The van der Waals surface area contributed by atoms with Gasteiger partial charge in [-0.05, 0) is 42.6 Å². The van der Waals surface area contributed by atoms with E-state index < -0.39 is 0 Å². The summed E-state index contributed by atoms with van der Waals surface area (Å²) in [7, 11) is 0. The van der Waals surface area contributed by atoms with Gasteiger partial charge in [-0.15, -0.1) is 10.2 Å². The third-order valence-corrected chi connectivity index (χ3v) is 2.67. The van der Waals surface area contributed by atoms with Gasteiger partial charge in [0.05, 0.1) is 5.69 Å². The minimum atomic E-state index is 0.425. The maximum absolute atomic E-state index is 6.06. The van der Waals surface area contributed by atoms with Gasteiger partial charge in [0.2, 0.25) is 5.28 Å². The van der Waals surface area contributed by atoms with Crippen molar-refractivity contribution in [1.82, 2.24) is 14.8 Å². The molecule has 0 saturated carbocycles. The molecule has 16 heavy (non-hydrogen) atoms. The van der Waals surface area contributed by atoms with Crippen molar-refractivity contribution in [2.75, 3.05) is 0 Å². The molecule has 0 aliphatic rings. The molecule has 3 nitrogen and oxygen atoms in total. The molecule has 0 aliphatic heterocycles. The van der Waals surface area contributed by atoms with Crippen molar-refractivity contribution in [1.29, 1.82) is 0 Å². The summed E-state index contributed by atoms with van der Waals surface area (Å²) in [5.74, 6) is 0.915. The maximum atomic E-state index is 6.06. The number of nitrogens with zero attached hydrogens (tertiary/aromatic N) is 3. The Hall–Kier alpha value is -1.35. The van der Waals surface area contributed by atoms with Gasteiger partial charge < -0.3 is 0 Å². The Labute approximate surface area is 100 Å². The van der Waals surface area contributed by atoms with Crippen molar-refractivity contribution in [2.45, 2.75) is 26.7 Å². The minimum Gasteiger partial charge on any atom is -0.270 e. The summed E-state index contributed by atoms with van der Waals surface area (Å²) in [6.07, 6.45) is 1.91. The first-order valence-corrected chi connectivity index (χ1v) is 5.77. The summed E-state index contributed by atoms with van der Waals surface area (Å²) in [6.45, 7) is 4.17. The fourth-order valence-electron chi connectivity index (χ4n) is 1.70. The van der Waals surface area contributed by atoms with Crippen LogP contribution >= 0.6 is 11.6 Å². The van der Waals surface area contributed by atoms with Gasteiger partial charge >= 0.3 is 0 Å². The highest BCUT2D eigenvalue weighted by Gasteiger charge is 2.10. The molecule has 4 heteroatoms. The summed E-state index contributed by atoms with van der Waals surface area (Å²) >= 11 is 6.06. The molecule has 0 N–H and O–H groups in total. The number of benzene rings is 1. The molecule has 1 aromatic heterocycles. The van der Waals surface area contributed by atoms with Gasteiger partial charge in [0.1, 0.15) is 5.82 Å².